The first-order valence-corrected chi connectivity index (χ1v) is 6.64. The Labute approximate surface area is 120 Å². The molecule has 0 fully saturated rings. The minimum atomic E-state index is 0.613. The maximum absolute atomic E-state index is 6.40. The summed E-state index contributed by atoms with van der Waals surface area (Å²) in [6, 6.07) is 9.57. The molecule has 0 N–H and O–H groups in total. The molecular formula is C14H11Cl2N3. The van der Waals surface area contributed by atoms with Crippen LogP contribution in [0.5, 0.6) is 0 Å². The summed E-state index contributed by atoms with van der Waals surface area (Å²) in [7, 11) is 0. The summed E-state index contributed by atoms with van der Waals surface area (Å²) in [6.45, 7) is 1.96. The third kappa shape index (κ3) is 2.31. The molecule has 1 aromatic carbocycles. The predicted octanol–water partition coefficient (Wildman–Crippen LogP) is 3.94. The number of aromatic nitrogens is 3. The van der Waals surface area contributed by atoms with Gasteiger partial charge >= 0.3 is 0 Å². The quantitative estimate of drug-likeness (QED) is 0.670. The van der Waals surface area contributed by atoms with Gasteiger partial charge in [0, 0.05) is 28.8 Å². The molecular weight excluding hydrogens is 281 g/mol. The zero-order valence-electron chi connectivity index (χ0n) is 10.3. The molecule has 3 nitrogen and oxygen atoms in total. The van der Waals surface area contributed by atoms with Gasteiger partial charge < -0.3 is 0 Å². The smallest absolute Gasteiger partial charge is 0.156 e. The summed E-state index contributed by atoms with van der Waals surface area (Å²) in [5.74, 6) is 0. The first kappa shape index (κ1) is 12.5. The molecule has 0 spiro atoms. The lowest BCUT2D eigenvalue weighted by molar-refractivity contribution is 0.902. The van der Waals surface area contributed by atoms with Gasteiger partial charge in [0.05, 0.1) is 6.20 Å². The molecule has 0 bridgehead atoms. The fourth-order valence-corrected chi connectivity index (χ4v) is 2.52. The molecule has 0 saturated carbocycles. The zero-order valence-corrected chi connectivity index (χ0v) is 11.8. The van der Waals surface area contributed by atoms with Crippen molar-refractivity contribution in [3.05, 3.63) is 63.5 Å². The van der Waals surface area contributed by atoms with Gasteiger partial charge in [-0.2, -0.15) is 5.10 Å². The van der Waals surface area contributed by atoms with Crippen LogP contribution >= 0.6 is 23.2 Å². The lowest BCUT2D eigenvalue weighted by Crippen LogP contribution is -2.03. The van der Waals surface area contributed by atoms with Gasteiger partial charge in [0.2, 0.25) is 0 Å². The Morgan fingerprint density at radius 2 is 1.84 bits per heavy atom. The Balaban J connectivity index is 2.06. The Bertz CT molecular complexity index is 732. The summed E-state index contributed by atoms with van der Waals surface area (Å²) in [6.07, 6.45) is 2.41. The van der Waals surface area contributed by atoms with Crippen molar-refractivity contribution in [1.29, 1.82) is 0 Å². The number of benzene rings is 1. The summed E-state index contributed by atoms with van der Waals surface area (Å²) >= 11 is 12.3. The van der Waals surface area contributed by atoms with Crippen molar-refractivity contribution in [2.24, 2.45) is 0 Å². The van der Waals surface area contributed by atoms with Crippen LogP contribution in [0.3, 0.4) is 0 Å². The largest absolute Gasteiger partial charge is 0.233 e. The predicted molar refractivity (Wildman–Crippen MR) is 77.0 cm³/mol. The first-order chi connectivity index (χ1) is 9.15. The van der Waals surface area contributed by atoms with Crippen molar-refractivity contribution in [3.63, 3.8) is 0 Å². The van der Waals surface area contributed by atoms with Gasteiger partial charge in [-0.3, -0.25) is 0 Å². The number of fused-ring (bicyclic) bond motifs is 1. The van der Waals surface area contributed by atoms with Crippen molar-refractivity contribution in [2.45, 2.75) is 13.3 Å². The van der Waals surface area contributed by atoms with Crippen LogP contribution in [0, 0.1) is 6.92 Å². The Kier molecular flexibility index (Phi) is 3.17. The normalized spacial score (nSPS) is 11.1. The average Bonchev–Trinajstić information content (AvgIpc) is 2.85. The second-order valence-corrected chi connectivity index (χ2v) is 5.17. The highest BCUT2D eigenvalue weighted by Crippen LogP contribution is 2.23. The maximum Gasteiger partial charge on any atom is 0.156 e. The fourth-order valence-electron chi connectivity index (χ4n) is 2.06. The van der Waals surface area contributed by atoms with E-state index >= 15 is 0 Å². The lowest BCUT2D eigenvalue weighted by Gasteiger charge is -2.09. The van der Waals surface area contributed by atoms with Crippen molar-refractivity contribution in [1.82, 2.24) is 14.6 Å². The molecule has 5 heteroatoms. The Morgan fingerprint density at radius 3 is 2.58 bits per heavy atom. The van der Waals surface area contributed by atoms with Crippen molar-refractivity contribution in [3.8, 4) is 0 Å². The van der Waals surface area contributed by atoms with E-state index in [0.29, 0.717) is 11.6 Å². The molecule has 0 aliphatic rings. The van der Waals surface area contributed by atoms with Crippen LogP contribution in [0.25, 0.3) is 5.65 Å². The van der Waals surface area contributed by atoms with Gasteiger partial charge in [0.15, 0.2) is 5.65 Å². The topological polar surface area (TPSA) is 30.2 Å². The lowest BCUT2D eigenvalue weighted by atomic mass is 10.1. The standard InChI is InChI=1S/C14H11Cl2N3/c1-9-12(8-10-2-4-11(15)5-3-10)14(16)19-13(18-9)6-7-17-19/h2-7H,8H2,1H3. The molecule has 0 radical (unpaired) electrons. The molecule has 0 aliphatic carbocycles. The van der Waals surface area contributed by atoms with E-state index in [-0.39, 0.29) is 0 Å². The van der Waals surface area contributed by atoms with Crippen LogP contribution in [0.2, 0.25) is 10.2 Å². The summed E-state index contributed by atoms with van der Waals surface area (Å²) in [5.41, 5.74) is 3.82. The number of hydrogen-bond acceptors (Lipinski definition) is 2. The third-order valence-corrected chi connectivity index (χ3v) is 3.71. The van der Waals surface area contributed by atoms with Crippen LogP contribution in [0.15, 0.2) is 36.5 Å². The van der Waals surface area contributed by atoms with E-state index in [1.54, 1.807) is 10.7 Å². The van der Waals surface area contributed by atoms with Crippen LogP contribution < -0.4 is 0 Å². The number of halogens is 2. The van der Waals surface area contributed by atoms with Gasteiger partial charge in [0.1, 0.15) is 5.15 Å². The third-order valence-electron chi connectivity index (χ3n) is 3.07. The van der Waals surface area contributed by atoms with Gasteiger partial charge in [-0.15, -0.1) is 0 Å². The monoisotopic (exact) mass is 291 g/mol. The highest BCUT2D eigenvalue weighted by atomic mass is 35.5. The van der Waals surface area contributed by atoms with Crippen LogP contribution in [0.4, 0.5) is 0 Å². The molecule has 2 heterocycles. The van der Waals surface area contributed by atoms with E-state index in [1.807, 2.05) is 37.3 Å². The highest BCUT2D eigenvalue weighted by molar-refractivity contribution is 6.31. The van der Waals surface area contributed by atoms with Gasteiger partial charge in [0.25, 0.3) is 0 Å². The highest BCUT2D eigenvalue weighted by Gasteiger charge is 2.12. The fraction of sp³-hybridized carbons (Fsp3) is 0.143. The molecule has 0 unspecified atom stereocenters. The van der Waals surface area contributed by atoms with E-state index < -0.39 is 0 Å². The van der Waals surface area contributed by atoms with Crippen LogP contribution in [-0.4, -0.2) is 14.6 Å². The Morgan fingerprint density at radius 1 is 1.11 bits per heavy atom. The molecule has 0 saturated heterocycles. The number of rotatable bonds is 2. The summed E-state index contributed by atoms with van der Waals surface area (Å²) < 4.78 is 1.65. The second kappa shape index (κ2) is 4.83. The molecule has 0 atom stereocenters. The molecule has 19 heavy (non-hydrogen) atoms. The maximum atomic E-state index is 6.40. The molecule has 0 aliphatic heterocycles. The minimum Gasteiger partial charge on any atom is -0.233 e. The van der Waals surface area contributed by atoms with Gasteiger partial charge in [-0.1, -0.05) is 35.3 Å². The van der Waals surface area contributed by atoms with Crippen molar-refractivity contribution in [2.75, 3.05) is 0 Å². The molecule has 96 valence electrons. The molecule has 3 rings (SSSR count). The average molecular weight is 292 g/mol. The molecule has 0 amide bonds. The zero-order chi connectivity index (χ0) is 13.4. The summed E-state index contributed by atoms with van der Waals surface area (Å²) in [4.78, 5) is 4.50. The van der Waals surface area contributed by atoms with Crippen molar-refractivity contribution < 1.29 is 0 Å². The first-order valence-electron chi connectivity index (χ1n) is 5.88. The van der Waals surface area contributed by atoms with E-state index in [2.05, 4.69) is 10.1 Å². The number of hydrogen-bond donors (Lipinski definition) is 0. The van der Waals surface area contributed by atoms with Gasteiger partial charge in [-0.05, 0) is 24.6 Å². The van der Waals surface area contributed by atoms with E-state index in [9.17, 15) is 0 Å². The van der Waals surface area contributed by atoms with Crippen molar-refractivity contribution >= 4 is 28.8 Å². The van der Waals surface area contributed by atoms with E-state index in [4.69, 9.17) is 23.2 Å². The second-order valence-electron chi connectivity index (χ2n) is 4.37. The SMILES string of the molecule is Cc1nc2ccnn2c(Cl)c1Cc1ccc(Cl)cc1. The summed E-state index contributed by atoms with van der Waals surface area (Å²) in [5, 5.41) is 5.52. The molecule has 2 aromatic heterocycles. The molecule has 3 aromatic rings. The van der Waals surface area contributed by atoms with E-state index in [0.717, 1.165) is 27.5 Å². The number of nitrogens with zero attached hydrogens (tertiary/aromatic N) is 3. The van der Waals surface area contributed by atoms with Gasteiger partial charge in [-0.25, -0.2) is 9.50 Å². The minimum absolute atomic E-state index is 0.613. The van der Waals surface area contributed by atoms with Crippen LogP contribution in [-0.2, 0) is 6.42 Å². The Hall–Kier alpha value is -1.58. The van der Waals surface area contributed by atoms with Crippen LogP contribution in [0.1, 0.15) is 16.8 Å². The number of aryl methyl sites for hydroxylation is 1. The van der Waals surface area contributed by atoms with E-state index in [1.165, 1.54) is 0 Å².